The quantitative estimate of drug-likeness (QED) is 0.640. The summed E-state index contributed by atoms with van der Waals surface area (Å²) in [7, 11) is 0. The van der Waals surface area contributed by atoms with Gasteiger partial charge in [0.05, 0.1) is 15.6 Å². The predicted octanol–water partition coefficient (Wildman–Crippen LogP) is 5.04. The molecule has 0 atom stereocenters. The standard InChI is InChI=1S/C14H9Cl2NO/c15-10-4-3-5-11(16)14(10)18-13-7-9-17-8-2-1-6-12(13)17/h1-9H. The largest absolute Gasteiger partial charge is 0.452 e. The van der Waals surface area contributed by atoms with Crippen molar-refractivity contribution in [3.8, 4) is 11.5 Å². The van der Waals surface area contributed by atoms with Crippen LogP contribution in [0.3, 0.4) is 0 Å². The van der Waals surface area contributed by atoms with Gasteiger partial charge >= 0.3 is 0 Å². The SMILES string of the molecule is Clc1cccc(Cl)c1Oc1ccn2ccccc12. The van der Waals surface area contributed by atoms with Crippen molar-refractivity contribution in [2.24, 2.45) is 0 Å². The zero-order valence-electron chi connectivity index (χ0n) is 9.31. The molecule has 0 aliphatic rings. The first kappa shape index (κ1) is 11.5. The normalized spacial score (nSPS) is 10.8. The van der Waals surface area contributed by atoms with Crippen molar-refractivity contribution in [3.63, 3.8) is 0 Å². The lowest BCUT2D eigenvalue weighted by molar-refractivity contribution is 0.489. The highest BCUT2D eigenvalue weighted by Crippen LogP contribution is 2.37. The van der Waals surface area contributed by atoms with Crippen LogP contribution in [0.1, 0.15) is 0 Å². The van der Waals surface area contributed by atoms with Gasteiger partial charge in [0.15, 0.2) is 11.5 Å². The van der Waals surface area contributed by atoms with Crippen LogP contribution < -0.4 is 4.74 Å². The Kier molecular flexibility index (Phi) is 2.90. The molecule has 0 unspecified atom stereocenters. The van der Waals surface area contributed by atoms with Crippen molar-refractivity contribution >= 4 is 28.7 Å². The van der Waals surface area contributed by atoms with Crippen LogP contribution in [0.15, 0.2) is 54.9 Å². The summed E-state index contributed by atoms with van der Waals surface area (Å²) in [6.45, 7) is 0. The molecular weight excluding hydrogens is 269 g/mol. The number of halogens is 2. The molecule has 1 aromatic carbocycles. The van der Waals surface area contributed by atoms with E-state index in [0.717, 1.165) is 11.3 Å². The highest BCUT2D eigenvalue weighted by Gasteiger charge is 2.10. The van der Waals surface area contributed by atoms with Crippen LogP contribution in [0.5, 0.6) is 11.5 Å². The molecule has 0 N–H and O–H groups in total. The zero-order chi connectivity index (χ0) is 12.5. The van der Waals surface area contributed by atoms with Gasteiger partial charge in [0.1, 0.15) is 0 Å². The van der Waals surface area contributed by atoms with Crippen molar-refractivity contribution in [2.75, 3.05) is 0 Å². The Labute approximate surface area is 114 Å². The maximum Gasteiger partial charge on any atom is 0.164 e. The first-order valence-electron chi connectivity index (χ1n) is 5.43. The molecule has 2 aromatic heterocycles. The molecule has 0 bridgehead atoms. The lowest BCUT2D eigenvalue weighted by Gasteiger charge is -2.08. The Balaban J connectivity index is 2.07. The first-order valence-corrected chi connectivity index (χ1v) is 6.19. The minimum Gasteiger partial charge on any atom is -0.452 e. The number of hydrogen-bond donors (Lipinski definition) is 0. The molecule has 2 nitrogen and oxygen atoms in total. The third-order valence-electron chi connectivity index (χ3n) is 2.66. The second-order valence-corrected chi connectivity index (χ2v) is 4.64. The summed E-state index contributed by atoms with van der Waals surface area (Å²) in [6.07, 6.45) is 3.88. The minimum atomic E-state index is 0.484. The molecule has 0 amide bonds. The summed E-state index contributed by atoms with van der Waals surface area (Å²) < 4.78 is 7.78. The van der Waals surface area contributed by atoms with Gasteiger partial charge in [-0.05, 0) is 30.3 Å². The van der Waals surface area contributed by atoms with Gasteiger partial charge in [-0.15, -0.1) is 0 Å². The first-order chi connectivity index (χ1) is 8.75. The van der Waals surface area contributed by atoms with E-state index in [0.29, 0.717) is 15.8 Å². The molecule has 3 rings (SSSR count). The number of pyridine rings is 1. The topological polar surface area (TPSA) is 13.6 Å². The maximum atomic E-state index is 6.08. The van der Waals surface area contributed by atoms with E-state index in [-0.39, 0.29) is 0 Å². The highest BCUT2D eigenvalue weighted by molar-refractivity contribution is 6.37. The number of para-hydroxylation sites is 1. The lowest BCUT2D eigenvalue weighted by Crippen LogP contribution is -1.86. The Bertz CT molecular complexity index is 686. The number of aromatic nitrogens is 1. The van der Waals surface area contributed by atoms with Crippen molar-refractivity contribution < 1.29 is 4.74 Å². The summed E-state index contributed by atoms with van der Waals surface area (Å²) in [5.41, 5.74) is 0.966. The average Bonchev–Trinajstić information content (AvgIpc) is 2.77. The van der Waals surface area contributed by atoms with E-state index in [4.69, 9.17) is 27.9 Å². The summed E-state index contributed by atoms with van der Waals surface area (Å²) in [6, 6.07) is 13.1. The van der Waals surface area contributed by atoms with Gasteiger partial charge in [0.25, 0.3) is 0 Å². The fourth-order valence-electron chi connectivity index (χ4n) is 1.80. The van der Waals surface area contributed by atoms with Gasteiger partial charge in [-0.3, -0.25) is 0 Å². The Morgan fingerprint density at radius 2 is 1.61 bits per heavy atom. The van der Waals surface area contributed by atoms with Gasteiger partial charge in [0.2, 0.25) is 0 Å². The van der Waals surface area contributed by atoms with Crippen molar-refractivity contribution in [2.45, 2.75) is 0 Å². The van der Waals surface area contributed by atoms with Crippen LogP contribution >= 0.6 is 23.2 Å². The third-order valence-corrected chi connectivity index (χ3v) is 3.26. The second kappa shape index (κ2) is 4.56. The Morgan fingerprint density at radius 3 is 2.39 bits per heavy atom. The number of hydrogen-bond acceptors (Lipinski definition) is 1. The number of benzene rings is 1. The molecule has 3 aromatic rings. The van der Waals surface area contributed by atoms with Gasteiger partial charge in [-0.1, -0.05) is 35.3 Å². The Morgan fingerprint density at radius 1 is 0.833 bits per heavy atom. The number of nitrogens with zero attached hydrogens (tertiary/aromatic N) is 1. The van der Waals surface area contributed by atoms with E-state index < -0.39 is 0 Å². The number of fused-ring (bicyclic) bond motifs is 1. The van der Waals surface area contributed by atoms with Gasteiger partial charge in [-0.2, -0.15) is 0 Å². The molecule has 0 fully saturated rings. The molecule has 0 radical (unpaired) electrons. The molecule has 0 aliphatic heterocycles. The molecule has 18 heavy (non-hydrogen) atoms. The average molecular weight is 278 g/mol. The molecular formula is C14H9Cl2NO. The fourth-order valence-corrected chi connectivity index (χ4v) is 2.28. The van der Waals surface area contributed by atoms with Crippen LogP contribution in [0, 0.1) is 0 Å². The lowest BCUT2D eigenvalue weighted by atomic mass is 10.3. The smallest absolute Gasteiger partial charge is 0.164 e. The fraction of sp³-hybridized carbons (Fsp3) is 0. The number of ether oxygens (including phenoxy) is 1. The van der Waals surface area contributed by atoms with Crippen molar-refractivity contribution in [3.05, 3.63) is 64.9 Å². The monoisotopic (exact) mass is 277 g/mol. The van der Waals surface area contributed by atoms with E-state index in [9.17, 15) is 0 Å². The van der Waals surface area contributed by atoms with Gasteiger partial charge in [0, 0.05) is 12.4 Å². The molecule has 90 valence electrons. The summed E-state index contributed by atoms with van der Waals surface area (Å²) in [5.74, 6) is 1.21. The van der Waals surface area contributed by atoms with Crippen LogP contribution in [0.25, 0.3) is 5.52 Å². The maximum absolute atomic E-state index is 6.08. The van der Waals surface area contributed by atoms with E-state index in [1.165, 1.54) is 0 Å². The van der Waals surface area contributed by atoms with E-state index in [2.05, 4.69) is 0 Å². The third kappa shape index (κ3) is 1.94. The summed E-state index contributed by atoms with van der Waals surface area (Å²) in [4.78, 5) is 0. The molecule has 0 saturated heterocycles. The van der Waals surface area contributed by atoms with Gasteiger partial charge in [-0.25, -0.2) is 0 Å². The van der Waals surface area contributed by atoms with Crippen LogP contribution in [-0.4, -0.2) is 4.40 Å². The summed E-state index contributed by atoms with van der Waals surface area (Å²) >= 11 is 12.2. The highest BCUT2D eigenvalue weighted by atomic mass is 35.5. The zero-order valence-corrected chi connectivity index (χ0v) is 10.8. The van der Waals surface area contributed by atoms with Crippen LogP contribution in [0.2, 0.25) is 10.0 Å². The molecule has 4 heteroatoms. The Hall–Kier alpha value is -1.64. The molecule has 2 heterocycles. The van der Waals surface area contributed by atoms with Crippen LogP contribution in [0.4, 0.5) is 0 Å². The molecule has 0 aliphatic carbocycles. The van der Waals surface area contributed by atoms with E-state index >= 15 is 0 Å². The predicted molar refractivity (Wildman–Crippen MR) is 73.9 cm³/mol. The number of rotatable bonds is 2. The second-order valence-electron chi connectivity index (χ2n) is 3.83. The van der Waals surface area contributed by atoms with Crippen molar-refractivity contribution in [1.29, 1.82) is 0 Å². The van der Waals surface area contributed by atoms with E-state index in [1.54, 1.807) is 18.2 Å². The van der Waals surface area contributed by atoms with E-state index in [1.807, 2.05) is 41.1 Å². The molecule has 0 spiro atoms. The van der Waals surface area contributed by atoms with Crippen molar-refractivity contribution in [1.82, 2.24) is 4.40 Å². The minimum absolute atomic E-state index is 0.484. The summed E-state index contributed by atoms with van der Waals surface area (Å²) in [5, 5.41) is 0.996. The molecule has 0 saturated carbocycles. The van der Waals surface area contributed by atoms with Gasteiger partial charge < -0.3 is 9.14 Å². The van der Waals surface area contributed by atoms with Crippen LogP contribution in [-0.2, 0) is 0 Å².